The Morgan fingerprint density at radius 2 is 1.71 bits per heavy atom. The summed E-state index contributed by atoms with van der Waals surface area (Å²) in [6.45, 7) is 0. The van der Waals surface area contributed by atoms with E-state index in [1.165, 1.54) is 24.3 Å². The van der Waals surface area contributed by atoms with Gasteiger partial charge >= 0.3 is 12.1 Å². The highest BCUT2D eigenvalue weighted by molar-refractivity contribution is 6.10. The number of hydrogen-bond donors (Lipinski definition) is 2. The lowest BCUT2D eigenvalue weighted by atomic mass is 10.1. The van der Waals surface area contributed by atoms with Gasteiger partial charge in [0.15, 0.2) is 0 Å². The topological polar surface area (TPSA) is 90.2 Å². The van der Waals surface area contributed by atoms with Crippen molar-refractivity contribution in [1.29, 1.82) is 5.26 Å². The number of halogens is 3. The van der Waals surface area contributed by atoms with Crippen LogP contribution in [0.4, 0.5) is 18.9 Å². The summed E-state index contributed by atoms with van der Waals surface area (Å²) in [4.78, 5) is 23.3. The lowest BCUT2D eigenvalue weighted by molar-refractivity contribution is -0.137. The van der Waals surface area contributed by atoms with Crippen LogP contribution in [-0.4, -0.2) is 17.0 Å². The van der Waals surface area contributed by atoms with Gasteiger partial charge < -0.3 is 10.4 Å². The van der Waals surface area contributed by atoms with E-state index in [2.05, 4.69) is 5.32 Å². The zero-order valence-corrected chi connectivity index (χ0v) is 11.9. The van der Waals surface area contributed by atoms with E-state index in [1.807, 2.05) is 0 Å². The number of carboxylic acids is 1. The summed E-state index contributed by atoms with van der Waals surface area (Å²) in [5.41, 5.74) is -2.13. The van der Waals surface area contributed by atoms with Gasteiger partial charge in [0.05, 0.1) is 28.3 Å². The second-order valence-electron chi connectivity index (χ2n) is 4.71. The highest BCUT2D eigenvalue weighted by atomic mass is 19.4. The third kappa shape index (κ3) is 3.70. The number of aromatic carboxylic acids is 1. The highest BCUT2D eigenvalue weighted by Crippen LogP contribution is 2.32. The third-order valence-corrected chi connectivity index (χ3v) is 3.05. The molecule has 0 heterocycles. The molecule has 24 heavy (non-hydrogen) atoms. The van der Waals surface area contributed by atoms with Gasteiger partial charge in [0.25, 0.3) is 5.91 Å². The first-order valence-corrected chi connectivity index (χ1v) is 6.48. The minimum atomic E-state index is -4.69. The van der Waals surface area contributed by atoms with Crippen LogP contribution in [0.25, 0.3) is 0 Å². The molecule has 122 valence electrons. The monoisotopic (exact) mass is 334 g/mol. The molecule has 0 aliphatic carbocycles. The van der Waals surface area contributed by atoms with E-state index in [0.717, 1.165) is 6.07 Å². The van der Waals surface area contributed by atoms with Crippen LogP contribution in [0.3, 0.4) is 0 Å². The maximum atomic E-state index is 12.8. The van der Waals surface area contributed by atoms with E-state index < -0.39 is 23.6 Å². The molecule has 0 aliphatic rings. The molecule has 2 rings (SSSR count). The number of alkyl halides is 3. The minimum absolute atomic E-state index is 0.207. The molecular formula is C16H9F3N2O3. The fourth-order valence-corrected chi connectivity index (χ4v) is 1.99. The predicted molar refractivity (Wildman–Crippen MR) is 77.5 cm³/mol. The summed E-state index contributed by atoms with van der Waals surface area (Å²) in [5, 5.41) is 20.0. The zero-order chi connectivity index (χ0) is 17.9. The summed E-state index contributed by atoms with van der Waals surface area (Å²) in [6, 6.07) is 9.24. The Hall–Kier alpha value is -3.34. The second-order valence-corrected chi connectivity index (χ2v) is 4.71. The molecular weight excluding hydrogens is 325 g/mol. The molecule has 0 bridgehead atoms. The van der Waals surface area contributed by atoms with Gasteiger partial charge in [-0.15, -0.1) is 0 Å². The fraction of sp³-hybridized carbons (Fsp3) is 0.0625. The summed E-state index contributed by atoms with van der Waals surface area (Å²) >= 11 is 0. The number of carboxylic acid groups (broad SMARTS) is 1. The van der Waals surface area contributed by atoms with Gasteiger partial charge in [-0.2, -0.15) is 18.4 Å². The first-order valence-electron chi connectivity index (χ1n) is 6.48. The largest absolute Gasteiger partial charge is 0.478 e. The zero-order valence-electron chi connectivity index (χ0n) is 11.9. The van der Waals surface area contributed by atoms with Gasteiger partial charge in [-0.25, -0.2) is 4.79 Å². The number of nitriles is 1. The Kier molecular flexibility index (Phi) is 4.55. The van der Waals surface area contributed by atoms with E-state index in [9.17, 15) is 22.8 Å². The Labute approximate surface area is 134 Å². The van der Waals surface area contributed by atoms with Crippen molar-refractivity contribution < 1.29 is 27.9 Å². The van der Waals surface area contributed by atoms with Crippen LogP contribution in [0, 0.1) is 11.3 Å². The molecule has 1 amide bonds. The van der Waals surface area contributed by atoms with Crippen molar-refractivity contribution in [3.05, 3.63) is 64.7 Å². The van der Waals surface area contributed by atoms with Gasteiger partial charge in [-0.1, -0.05) is 12.1 Å². The number of benzene rings is 2. The summed E-state index contributed by atoms with van der Waals surface area (Å²) in [6.07, 6.45) is -4.69. The highest BCUT2D eigenvalue weighted by Gasteiger charge is 2.31. The fourth-order valence-electron chi connectivity index (χ4n) is 1.99. The van der Waals surface area contributed by atoms with Crippen LogP contribution in [0.1, 0.15) is 31.8 Å². The Morgan fingerprint density at radius 1 is 1.08 bits per heavy atom. The lowest BCUT2D eigenvalue weighted by Gasteiger charge is -2.11. The van der Waals surface area contributed by atoms with Crippen molar-refractivity contribution in [2.45, 2.75) is 6.18 Å². The van der Waals surface area contributed by atoms with Crippen molar-refractivity contribution in [2.75, 3.05) is 5.32 Å². The summed E-state index contributed by atoms with van der Waals surface area (Å²) in [5.74, 6) is -2.24. The number of anilines is 1. The minimum Gasteiger partial charge on any atom is -0.478 e. The number of carbonyl (C=O) groups is 2. The number of nitrogens with zero attached hydrogens (tertiary/aromatic N) is 1. The Bertz CT molecular complexity index is 854. The number of amides is 1. The number of carbonyl (C=O) groups excluding carboxylic acids is 1. The molecule has 0 aromatic heterocycles. The van der Waals surface area contributed by atoms with Gasteiger partial charge in [0, 0.05) is 5.69 Å². The molecule has 0 saturated heterocycles. The van der Waals surface area contributed by atoms with E-state index in [0.29, 0.717) is 12.1 Å². The van der Waals surface area contributed by atoms with Crippen LogP contribution in [-0.2, 0) is 6.18 Å². The number of hydrogen-bond acceptors (Lipinski definition) is 3. The van der Waals surface area contributed by atoms with Crippen molar-refractivity contribution >= 4 is 17.6 Å². The quantitative estimate of drug-likeness (QED) is 0.898. The summed E-state index contributed by atoms with van der Waals surface area (Å²) in [7, 11) is 0. The van der Waals surface area contributed by atoms with E-state index in [-0.39, 0.29) is 22.4 Å². The lowest BCUT2D eigenvalue weighted by Crippen LogP contribution is -2.17. The molecule has 2 aromatic rings. The predicted octanol–water partition coefficient (Wildman–Crippen LogP) is 3.53. The third-order valence-electron chi connectivity index (χ3n) is 3.05. The molecule has 0 unspecified atom stereocenters. The average molecular weight is 334 g/mol. The maximum Gasteiger partial charge on any atom is 0.416 e. The first-order chi connectivity index (χ1) is 11.2. The SMILES string of the molecule is N#Cc1cc(NC(=O)c2ccccc2C(=O)O)cc(C(F)(F)F)c1. The smallest absolute Gasteiger partial charge is 0.416 e. The van der Waals surface area contributed by atoms with Crippen LogP contribution in [0.5, 0.6) is 0 Å². The Morgan fingerprint density at radius 3 is 2.25 bits per heavy atom. The van der Waals surface area contributed by atoms with Gasteiger partial charge in [-0.05, 0) is 30.3 Å². The molecule has 0 fully saturated rings. The van der Waals surface area contributed by atoms with E-state index >= 15 is 0 Å². The second kappa shape index (κ2) is 6.42. The molecule has 0 aliphatic heterocycles. The van der Waals surface area contributed by atoms with Crippen molar-refractivity contribution in [3.8, 4) is 6.07 Å². The van der Waals surface area contributed by atoms with Crippen molar-refractivity contribution in [2.24, 2.45) is 0 Å². The normalized spacial score (nSPS) is 10.8. The molecule has 5 nitrogen and oxygen atoms in total. The molecule has 0 spiro atoms. The first kappa shape index (κ1) is 17.0. The van der Waals surface area contributed by atoms with Crippen LogP contribution >= 0.6 is 0 Å². The molecule has 0 atom stereocenters. The molecule has 2 aromatic carbocycles. The molecule has 8 heteroatoms. The standard InChI is InChI=1S/C16H9F3N2O3/c17-16(18,19)10-5-9(8-20)6-11(7-10)21-14(22)12-3-1-2-4-13(12)15(23)24/h1-7H,(H,21,22)(H,23,24). The average Bonchev–Trinajstić information content (AvgIpc) is 2.53. The Balaban J connectivity index is 2.40. The maximum absolute atomic E-state index is 12.8. The van der Waals surface area contributed by atoms with E-state index in [1.54, 1.807) is 6.07 Å². The van der Waals surface area contributed by atoms with Gasteiger partial charge in [0.2, 0.25) is 0 Å². The summed E-state index contributed by atoms with van der Waals surface area (Å²) < 4.78 is 38.4. The van der Waals surface area contributed by atoms with Gasteiger partial charge in [-0.3, -0.25) is 4.79 Å². The molecule has 0 saturated carbocycles. The van der Waals surface area contributed by atoms with Gasteiger partial charge in [0.1, 0.15) is 0 Å². The number of rotatable bonds is 3. The molecule has 0 radical (unpaired) electrons. The van der Waals surface area contributed by atoms with Crippen molar-refractivity contribution in [3.63, 3.8) is 0 Å². The van der Waals surface area contributed by atoms with Crippen LogP contribution in [0.15, 0.2) is 42.5 Å². The van der Waals surface area contributed by atoms with Crippen molar-refractivity contribution in [1.82, 2.24) is 0 Å². The van der Waals surface area contributed by atoms with E-state index in [4.69, 9.17) is 10.4 Å². The molecule has 2 N–H and O–H groups in total. The van der Waals surface area contributed by atoms with Crippen LogP contribution in [0.2, 0.25) is 0 Å². The van der Waals surface area contributed by atoms with Crippen LogP contribution < -0.4 is 5.32 Å². The number of nitrogens with one attached hydrogen (secondary N) is 1.